The second kappa shape index (κ2) is 5.06. The third-order valence-corrected chi connectivity index (χ3v) is 5.31. The van der Waals surface area contributed by atoms with Crippen LogP contribution in [0.25, 0.3) is 0 Å². The second-order valence-corrected chi connectivity index (χ2v) is 6.50. The van der Waals surface area contributed by atoms with Gasteiger partial charge in [0.25, 0.3) is 0 Å². The first-order valence-electron chi connectivity index (χ1n) is 6.87. The highest BCUT2D eigenvalue weighted by molar-refractivity contribution is 7.09. The molecule has 0 unspecified atom stereocenters. The molecule has 2 aromatic rings. The van der Waals surface area contributed by atoms with Crippen LogP contribution in [0.3, 0.4) is 0 Å². The van der Waals surface area contributed by atoms with Crippen LogP contribution >= 0.6 is 11.3 Å². The normalized spacial score (nSPS) is 17.2. The lowest BCUT2D eigenvalue weighted by Crippen LogP contribution is -2.57. The quantitative estimate of drug-likeness (QED) is 0.924. The first kappa shape index (κ1) is 12.8. The van der Waals surface area contributed by atoms with Gasteiger partial charge in [-0.05, 0) is 37.8 Å². The predicted octanol–water partition coefficient (Wildman–Crippen LogP) is 3.23. The van der Waals surface area contributed by atoms with Gasteiger partial charge >= 0.3 is 0 Å². The van der Waals surface area contributed by atoms with Crippen molar-refractivity contribution in [1.82, 2.24) is 10.3 Å². The monoisotopic (exact) mass is 272 g/mol. The molecule has 2 nitrogen and oxygen atoms in total. The summed E-state index contributed by atoms with van der Waals surface area (Å²) in [6.45, 7) is 6.56. The van der Waals surface area contributed by atoms with Gasteiger partial charge in [-0.15, -0.1) is 11.3 Å². The summed E-state index contributed by atoms with van der Waals surface area (Å²) < 4.78 is 0. The van der Waals surface area contributed by atoms with Gasteiger partial charge in [0.1, 0.15) is 0 Å². The summed E-state index contributed by atoms with van der Waals surface area (Å²) in [5, 5.41) is 3.46. The van der Waals surface area contributed by atoms with Crippen molar-refractivity contribution in [2.75, 3.05) is 13.1 Å². The Balaban J connectivity index is 1.81. The van der Waals surface area contributed by atoms with E-state index in [0.29, 0.717) is 5.41 Å². The number of thiazole rings is 1. The highest BCUT2D eigenvalue weighted by Gasteiger charge is 2.39. The number of hydrogen-bond acceptors (Lipinski definition) is 3. The van der Waals surface area contributed by atoms with Gasteiger partial charge in [-0.2, -0.15) is 0 Å². The van der Waals surface area contributed by atoms with E-state index in [-0.39, 0.29) is 0 Å². The van der Waals surface area contributed by atoms with E-state index in [1.54, 1.807) is 11.3 Å². The van der Waals surface area contributed by atoms with Gasteiger partial charge in [-0.1, -0.05) is 24.3 Å². The van der Waals surface area contributed by atoms with Crippen molar-refractivity contribution in [3.63, 3.8) is 0 Å². The molecule has 3 heteroatoms. The van der Waals surface area contributed by atoms with Gasteiger partial charge in [-0.25, -0.2) is 4.98 Å². The minimum atomic E-state index is 0.335. The Morgan fingerprint density at radius 1 is 1.26 bits per heavy atom. The van der Waals surface area contributed by atoms with Crippen LogP contribution in [0.4, 0.5) is 0 Å². The molecule has 1 aliphatic heterocycles. The van der Waals surface area contributed by atoms with Crippen molar-refractivity contribution >= 4 is 11.3 Å². The fraction of sp³-hybridized carbons (Fsp3) is 0.438. The van der Waals surface area contributed by atoms with Crippen LogP contribution in [0.2, 0.25) is 0 Å². The summed E-state index contributed by atoms with van der Waals surface area (Å²) in [5.41, 5.74) is 6.45. The summed E-state index contributed by atoms with van der Waals surface area (Å²) in [6, 6.07) is 8.83. The van der Waals surface area contributed by atoms with E-state index >= 15 is 0 Å². The molecule has 1 N–H and O–H groups in total. The molecule has 0 aliphatic carbocycles. The molecule has 1 aromatic heterocycles. The molecule has 1 saturated heterocycles. The Kier molecular flexibility index (Phi) is 3.42. The number of nitrogens with one attached hydrogen (secondary N) is 1. The molecular formula is C16H20N2S. The lowest BCUT2D eigenvalue weighted by atomic mass is 9.70. The molecule has 19 heavy (non-hydrogen) atoms. The molecule has 0 bridgehead atoms. The number of benzene rings is 1. The zero-order valence-corrected chi connectivity index (χ0v) is 12.4. The van der Waals surface area contributed by atoms with E-state index in [1.807, 2.05) is 5.51 Å². The number of aryl methyl sites for hydroxylation is 3. The third kappa shape index (κ3) is 2.33. The number of hydrogen-bond donors (Lipinski definition) is 1. The smallest absolute Gasteiger partial charge is 0.0797 e. The molecule has 0 radical (unpaired) electrons. The zero-order chi connectivity index (χ0) is 13.3. The van der Waals surface area contributed by atoms with Gasteiger partial charge in [0, 0.05) is 23.4 Å². The van der Waals surface area contributed by atoms with Crippen LogP contribution in [-0.2, 0) is 11.8 Å². The number of nitrogens with zero attached hydrogens (tertiary/aromatic N) is 1. The molecule has 3 rings (SSSR count). The van der Waals surface area contributed by atoms with Crippen molar-refractivity contribution < 1.29 is 0 Å². The molecular weight excluding hydrogens is 252 g/mol. The average molecular weight is 272 g/mol. The molecule has 0 atom stereocenters. The summed E-state index contributed by atoms with van der Waals surface area (Å²) in [7, 11) is 0. The first-order chi connectivity index (χ1) is 9.21. The molecule has 1 aromatic carbocycles. The standard InChI is InChI=1S/C16H20N2S/c1-12-5-3-4-6-14(12)16(9-17-10-16)8-7-15-13(2)18-11-19-15/h3-6,11,17H,7-10H2,1-2H3. The Morgan fingerprint density at radius 2 is 2.05 bits per heavy atom. The summed E-state index contributed by atoms with van der Waals surface area (Å²) in [6.07, 6.45) is 2.36. The average Bonchev–Trinajstić information content (AvgIpc) is 2.76. The van der Waals surface area contributed by atoms with Gasteiger partial charge in [0.15, 0.2) is 0 Å². The molecule has 0 spiro atoms. The van der Waals surface area contributed by atoms with Crippen molar-refractivity contribution in [3.05, 3.63) is 51.5 Å². The maximum atomic E-state index is 4.35. The van der Waals surface area contributed by atoms with E-state index in [2.05, 4.69) is 48.4 Å². The Labute approximate surface area is 118 Å². The molecule has 1 aliphatic rings. The largest absolute Gasteiger partial charge is 0.315 e. The van der Waals surface area contributed by atoms with Gasteiger partial charge in [-0.3, -0.25) is 0 Å². The first-order valence-corrected chi connectivity index (χ1v) is 7.75. The van der Waals surface area contributed by atoms with Crippen LogP contribution in [-0.4, -0.2) is 18.1 Å². The van der Waals surface area contributed by atoms with Gasteiger partial charge < -0.3 is 5.32 Å². The minimum Gasteiger partial charge on any atom is -0.315 e. The lowest BCUT2D eigenvalue weighted by Gasteiger charge is -2.44. The molecule has 0 amide bonds. The molecule has 1 fully saturated rings. The zero-order valence-electron chi connectivity index (χ0n) is 11.6. The Morgan fingerprint density at radius 3 is 2.63 bits per heavy atom. The molecule has 2 heterocycles. The highest BCUT2D eigenvalue weighted by Crippen LogP contribution is 2.36. The van der Waals surface area contributed by atoms with Crippen LogP contribution in [0.5, 0.6) is 0 Å². The Hall–Kier alpha value is -1.19. The van der Waals surface area contributed by atoms with E-state index in [1.165, 1.54) is 28.1 Å². The SMILES string of the molecule is Cc1ccccc1C1(CCc2scnc2C)CNC1. The van der Waals surface area contributed by atoms with Crippen molar-refractivity contribution in [1.29, 1.82) is 0 Å². The van der Waals surface area contributed by atoms with Crippen molar-refractivity contribution in [3.8, 4) is 0 Å². The fourth-order valence-corrected chi connectivity index (χ4v) is 3.80. The van der Waals surface area contributed by atoms with E-state index in [0.717, 1.165) is 19.5 Å². The van der Waals surface area contributed by atoms with E-state index in [4.69, 9.17) is 0 Å². The van der Waals surface area contributed by atoms with Crippen LogP contribution < -0.4 is 5.32 Å². The maximum Gasteiger partial charge on any atom is 0.0797 e. The third-order valence-electron chi connectivity index (χ3n) is 4.32. The van der Waals surface area contributed by atoms with E-state index < -0.39 is 0 Å². The van der Waals surface area contributed by atoms with Crippen molar-refractivity contribution in [2.45, 2.75) is 32.1 Å². The minimum absolute atomic E-state index is 0.335. The summed E-state index contributed by atoms with van der Waals surface area (Å²) in [4.78, 5) is 5.80. The van der Waals surface area contributed by atoms with Crippen LogP contribution in [0, 0.1) is 13.8 Å². The highest BCUT2D eigenvalue weighted by atomic mass is 32.1. The number of rotatable bonds is 4. The van der Waals surface area contributed by atoms with Crippen molar-refractivity contribution in [2.24, 2.45) is 0 Å². The maximum absolute atomic E-state index is 4.35. The Bertz CT molecular complexity index is 570. The molecule has 0 saturated carbocycles. The lowest BCUT2D eigenvalue weighted by molar-refractivity contribution is 0.257. The summed E-state index contributed by atoms with van der Waals surface area (Å²) >= 11 is 1.79. The van der Waals surface area contributed by atoms with Gasteiger partial charge in [0.05, 0.1) is 11.2 Å². The van der Waals surface area contributed by atoms with Gasteiger partial charge in [0.2, 0.25) is 0 Å². The summed E-state index contributed by atoms with van der Waals surface area (Å²) in [5.74, 6) is 0. The number of aromatic nitrogens is 1. The van der Waals surface area contributed by atoms with Crippen LogP contribution in [0.15, 0.2) is 29.8 Å². The predicted molar refractivity (Wildman–Crippen MR) is 80.9 cm³/mol. The topological polar surface area (TPSA) is 24.9 Å². The molecule has 100 valence electrons. The fourth-order valence-electron chi connectivity index (χ4n) is 3.02. The van der Waals surface area contributed by atoms with E-state index in [9.17, 15) is 0 Å². The van der Waals surface area contributed by atoms with Crippen LogP contribution in [0.1, 0.15) is 28.1 Å². The second-order valence-electron chi connectivity index (χ2n) is 5.56.